The van der Waals surface area contributed by atoms with Crippen molar-refractivity contribution in [3.63, 3.8) is 0 Å². The van der Waals surface area contributed by atoms with E-state index in [-0.39, 0.29) is 5.91 Å². The van der Waals surface area contributed by atoms with Gasteiger partial charge in [0, 0.05) is 21.9 Å². The van der Waals surface area contributed by atoms with Gasteiger partial charge in [0.15, 0.2) is 0 Å². The molecule has 1 aliphatic rings. The molecule has 0 bridgehead atoms. The summed E-state index contributed by atoms with van der Waals surface area (Å²) in [7, 11) is 0. The summed E-state index contributed by atoms with van der Waals surface area (Å²) >= 11 is 1.63. The monoisotopic (exact) mass is 325 g/mol. The molecule has 1 N–H and O–H groups in total. The van der Waals surface area contributed by atoms with E-state index < -0.39 is 0 Å². The fourth-order valence-electron chi connectivity index (χ4n) is 2.30. The molecule has 0 radical (unpaired) electrons. The fraction of sp³-hybridized carbons (Fsp3) is 0.235. The van der Waals surface area contributed by atoms with E-state index in [9.17, 15) is 4.79 Å². The number of hydrogen-bond donors (Lipinski definition) is 1. The summed E-state index contributed by atoms with van der Waals surface area (Å²) in [5.41, 5.74) is 1.48. The Labute approximate surface area is 137 Å². The first-order chi connectivity index (χ1) is 11.3. The Kier molecular flexibility index (Phi) is 3.67. The first kappa shape index (κ1) is 14.1. The highest BCUT2D eigenvalue weighted by Crippen LogP contribution is 2.39. The topological polar surface area (TPSA) is 68.0 Å². The highest BCUT2D eigenvalue weighted by atomic mass is 32.1. The maximum Gasteiger partial charge on any atom is 0.251 e. The van der Waals surface area contributed by atoms with Gasteiger partial charge < -0.3 is 9.84 Å². The highest BCUT2D eigenvalue weighted by molar-refractivity contribution is 7.09. The van der Waals surface area contributed by atoms with Gasteiger partial charge >= 0.3 is 0 Å². The van der Waals surface area contributed by atoms with Gasteiger partial charge in [-0.2, -0.15) is 4.98 Å². The molecule has 5 nitrogen and oxygen atoms in total. The molecule has 1 amide bonds. The van der Waals surface area contributed by atoms with E-state index in [1.165, 1.54) is 0 Å². The molecule has 0 saturated heterocycles. The number of nitrogens with zero attached hydrogens (tertiary/aromatic N) is 2. The predicted octanol–water partition coefficient (Wildman–Crippen LogP) is 3.61. The molecule has 116 valence electrons. The van der Waals surface area contributed by atoms with E-state index in [1.54, 1.807) is 23.5 Å². The molecule has 1 aliphatic carbocycles. The van der Waals surface area contributed by atoms with Crippen LogP contribution in [0.3, 0.4) is 0 Å². The summed E-state index contributed by atoms with van der Waals surface area (Å²) in [5.74, 6) is 1.66. The van der Waals surface area contributed by atoms with Crippen LogP contribution in [0, 0.1) is 0 Å². The second-order valence-electron chi connectivity index (χ2n) is 5.57. The summed E-state index contributed by atoms with van der Waals surface area (Å²) in [6, 6.07) is 11.2. The van der Waals surface area contributed by atoms with Crippen molar-refractivity contribution in [2.45, 2.75) is 25.3 Å². The van der Waals surface area contributed by atoms with Gasteiger partial charge in [-0.1, -0.05) is 23.4 Å². The van der Waals surface area contributed by atoms with E-state index in [1.807, 2.05) is 29.6 Å². The van der Waals surface area contributed by atoms with Gasteiger partial charge in [0.2, 0.25) is 11.7 Å². The lowest BCUT2D eigenvalue weighted by Gasteiger charge is -2.04. The SMILES string of the molecule is O=C(NCc1cccs1)c1ccc(-c2noc(C3CC3)n2)cc1. The van der Waals surface area contributed by atoms with Gasteiger partial charge in [-0.25, -0.2) is 0 Å². The number of carbonyl (C=O) groups excluding carboxylic acids is 1. The molecule has 4 rings (SSSR count). The first-order valence-corrected chi connectivity index (χ1v) is 8.42. The van der Waals surface area contributed by atoms with Crippen molar-refractivity contribution >= 4 is 17.2 Å². The average Bonchev–Trinajstić information content (AvgIpc) is 3.11. The van der Waals surface area contributed by atoms with Crippen LogP contribution in [0.25, 0.3) is 11.4 Å². The second-order valence-corrected chi connectivity index (χ2v) is 6.60. The summed E-state index contributed by atoms with van der Waals surface area (Å²) in [6.45, 7) is 0.549. The standard InChI is InChI=1S/C17H15N3O2S/c21-16(18-10-14-2-1-9-23-14)12-5-3-11(4-6-12)15-19-17(22-20-15)13-7-8-13/h1-6,9,13H,7-8,10H2,(H,18,21). The van der Waals surface area contributed by atoms with E-state index in [4.69, 9.17) is 4.52 Å². The third-order valence-corrected chi connectivity index (χ3v) is 4.65. The van der Waals surface area contributed by atoms with Crippen LogP contribution in [0.1, 0.15) is 39.9 Å². The minimum Gasteiger partial charge on any atom is -0.347 e. The molecule has 1 saturated carbocycles. The number of nitrogens with one attached hydrogen (secondary N) is 1. The van der Waals surface area contributed by atoms with Crippen LogP contribution < -0.4 is 5.32 Å². The van der Waals surface area contributed by atoms with Crippen molar-refractivity contribution in [1.82, 2.24) is 15.5 Å². The van der Waals surface area contributed by atoms with Crippen LogP contribution in [0.4, 0.5) is 0 Å². The normalized spacial score (nSPS) is 13.9. The molecule has 1 aromatic carbocycles. The lowest BCUT2D eigenvalue weighted by atomic mass is 10.1. The zero-order valence-corrected chi connectivity index (χ0v) is 13.2. The number of rotatable bonds is 5. The third kappa shape index (κ3) is 3.17. The molecule has 0 atom stereocenters. The van der Waals surface area contributed by atoms with Crippen molar-refractivity contribution in [3.05, 3.63) is 58.1 Å². The van der Waals surface area contributed by atoms with E-state index in [0.717, 1.165) is 29.2 Å². The predicted molar refractivity (Wildman–Crippen MR) is 87.2 cm³/mol. The number of amides is 1. The van der Waals surface area contributed by atoms with Crippen molar-refractivity contribution in [3.8, 4) is 11.4 Å². The number of benzene rings is 1. The maximum absolute atomic E-state index is 12.1. The molecule has 2 heterocycles. The molecule has 0 spiro atoms. The largest absolute Gasteiger partial charge is 0.347 e. The number of aromatic nitrogens is 2. The summed E-state index contributed by atoms with van der Waals surface area (Å²) < 4.78 is 5.26. The zero-order valence-electron chi connectivity index (χ0n) is 12.4. The van der Waals surface area contributed by atoms with Crippen LogP contribution in [-0.4, -0.2) is 16.0 Å². The van der Waals surface area contributed by atoms with Crippen LogP contribution in [0.15, 0.2) is 46.3 Å². The number of carbonyl (C=O) groups is 1. The Morgan fingerprint density at radius 1 is 1.26 bits per heavy atom. The summed E-state index contributed by atoms with van der Waals surface area (Å²) in [6.07, 6.45) is 2.26. The molecule has 0 unspecified atom stereocenters. The Bertz CT molecular complexity index is 805. The Balaban J connectivity index is 1.43. The molecule has 23 heavy (non-hydrogen) atoms. The second kappa shape index (κ2) is 5.96. The number of hydrogen-bond acceptors (Lipinski definition) is 5. The average molecular weight is 325 g/mol. The number of thiophene rings is 1. The van der Waals surface area contributed by atoms with E-state index >= 15 is 0 Å². The zero-order chi connectivity index (χ0) is 15.6. The Hall–Kier alpha value is -2.47. The molecule has 1 fully saturated rings. The molecular formula is C17H15N3O2S. The van der Waals surface area contributed by atoms with Crippen LogP contribution in [0.2, 0.25) is 0 Å². The molecule has 3 aromatic rings. The van der Waals surface area contributed by atoms with E-state index in [0.29, 0.717) is 23.9 Å². The smallest absolute Gasteiger partial charge is 0.251 e. The molecule has 0 aliphatic heterocycles. The third-order valence-electron chi connectivity index (χ3n) is 3.78. The minimum atomic E-state index is -0.0864. The Morgan fingerprint density at radius 3 is 2.78 bits per heavy atom. The quantitative estimate of drug-likeness (QED) is 0.778. The summed E-state index contributed by atoms with van der Waals surface area (Å²) in [5, 5.41) is 8.91. The van der Waals surface area contributed by atoms with Crippen molar-refractivity contribution in [2.24, 2.45) is 0 Å². The van der Waals surface area contributed by atoms with Crippen molar-refractivity contribution in [1.29, 1.82) is 0 Å². The van der Waals surface area contributed by atoms with Crippen molar-refractivity contribution in [2.75, 3.05) is 0 Å². The first-order valence-electron chi connectivity index (χ1n) is 7.54. The van der Waals surface area contributed by atoms with Crippen LogP contribution >= 0.6 is 11.3 Å². The van der Waals surface area contributed by atoms with Gasteiger partial charge in [0.1, 0.15) is 0 Å². The highest BCUT2D eigenvalue weighted by Gasteiger charge is 2.29. The Morgan fingerprint density at radius 2 is 2.09 bits per heavy atom. The van der Waals surface area contributed by atoms with Crippen molar-refractivity contribution < 1.29 is 9.32 Å². The van der Waals surface area contributed by atoms with Crippen LogP contribution in [-0.2, 0) is 6.54 Å². The van der Waals surface area contributed by atoms with Gasteiger partial charge in [0.25, 0.3) is 5.91 Å². The van der Waals surface area contributed by atoms with Crippen LogP contribution in [0.5, 0.6) is 0 Å². The fourth-order valence-corrected chi connectivity index (χ4v) is 2.95. The van der Waals surface area contributed by atoms with Gasteiger partial charge in [-0.15, -0.1) is 11.3 Å². The molecule has 2 aromatic heterocycles. The minimum absolute atomic E-state index is 0.0864. The maximum atomic E-state index is 12.1. The van der Waals surface area contributed by atoms with E-state index in [2.05, 4.69) is 15.5 Å². The van der Waals surface area contributed by atoms with Gasteiger partial charge in [-0.05, 0) is 36.4 Å². The lowest BCUT2D eigenvalue weighted by Crippen LogP contribution is -2.22. The molecule has 6 heteroatoms. The van der Waals surface area contributed by atoms with Gasteiger partial charge in [0.05, 0.1) is 6.54 Å². The van der Waals surface area contributed by atoms with Gasteiger partial charge in [-0.3, -0.25) is 4.79 Å². The summed E-state index contributed by atoms with van der Waals surface area (Å²) in [4.78, 5) is 17.7. The lowest BCUT2D eigenvalue weighted by molar-refractivity contribution is 0.0951. The molecular weight excluding hydrogens is 310 g/mol.